The van der Waals surface area contributed by atoms with E-state index in [-0.39, 0.29) is 11.6 Å². The molecule has 0 aromatic carbocycles. The number of rotatable bonds is 5. The first-order chi connectivity index (χ1) is 9.24. The molecule has 1 N–H and O–H groups in total. The van der Waals surface area contributed by atoms with E-state index in [9.17, 15) is 4.79 Å². The van der Waals surface area contributed by atoms with Gasteiger partial charge in [0.05, 0.1) is 6.20 Å². The molecule has 0 aliphatic rings. The lowest BCUT2D eigenvalue weighted by Crippen LogP contribution is -2.13. The molecule has 2 aromatic heterocycles. The molecule has 19 heavy (non-hydrogen) atoms. The Morgan fingerprint density at radius 2 is 2.11 bits per heavy atom. The number of amides is 1. The summed E-state index contributed by atoms with van der Waals surface area (Å²) in [6.07, 6.45) is 6.45. The molecule has 1 amide bonds. The van der Waals surface area contributed by atoms with Crippen LogP contribution in [0.4, 0.5) is 5.13 Å². The molecule has 2 aromatic rings. The minimum absolute atomic E-state index is 0.266. The van der Waals surface area contributed by atoms with Crippen LogP contribution in [0.25, 0.3) is 0 Å². The van der Waals surface area contributed by atoms with Crippen LogP contribution in [0.5, 0.6) is 0 Å². The van der Waals surface area contributed by atoms with E-state index >= 15 is 0 Å². The summed E-state index contributed by atoms with van der Waals surface area (Å²) in [5.74, 6) is 0.0833. The van der Waals surface area contributed by atoms with Gasteiger partial charge >= 0.3 is 0 Å². The van der Waals surface area contributed by atoms with Crippen LogP contribution in [0.3, 0.4) is 0 Å². The normalized spacial score (nSPS) is 10.7. The van der Waals surface area contributed by atoms with Gasteiger partial charge in [0, 0.05) is 18.3 Å². The van der Waals surface area contributed by atoms with Gasteiger partial charge in [0.25, 0.3) is 5.91 Å². The van der Waals surface area contributed by atoms with Crippen LogP contribution < -0.4 is 5.32 Å². The average molecular weight is 277 g/mol. The fourth-order valence-electron chi connectivity index (χ4n) is 1.67. The fraction of sp³-hybridized carbons (Fsp3) is 0.417. The van der Waals surface area contributed by atoms with E-state index in [1.165, 1.54) is 29.9 Å². The van der Waals surface area contributed by atoms with Crippen LogP contribution >= 0.6 is 11.3 Å². The van der Waals surface area contributed by atoms with E-state index < -0.39 is 0 Å². The van der Waals surface area contributed by atoms with Gasteiger partial charge in [0.2, 0.25) is 5.13 Å². The number of hydrogen-bond acceptors (Lipinski definition) is 6. The first-order valence-corrected chi connectivity index (χ1v) is 6.97. The lowest BCUT2D eigenvalue weighted by molar-refractivity contribution is 0.102. The Hall–Kier alpha value is -1.89. The maximum atomic E-state index is 11.9. The molecule has 100 valence electrons. The van der Waals surface area contributed by atoms with E-state index in [1.54, 1.807) is 0 Å². The van der Waals surface area contributed by atoms with Crippen LogP contribution in [-0.2, 0) is 0 Å². The van der Waals surface area contributed by atoms with E-state index in [1.807, 2.05) is 0 Å². The molecule has 7 heteroatoms. The molecule has 0 saturated heterocycles. The highest BCUT2D eigenvalue weighted by atomic mass is 32.1. The molecule has 0 atom stereocenters. The van der Waals surface area contributed by atoms with E-state index in [2.05, 4.69) is 39.3 Å². The summed E-state index contributed by atoms with van der Waals surface area (Å²) in [5.41, 5.74) is 0.266. The molecule has 0 saturated carbocycles. The van der Waals surface area contributed by atoms with Crippen LogP contribution in [0.1, 0.15) is 48.1 Å². The maximum Gasteiger partial charge on any atom is 0.277 e. The van der Waals surface area contributed by atoms with Crippen molar-refractivity contribution < 1.29 is 4.79 Å². The van der Waals surface area contributed by atoms with Gasteiger partial charge in [-0.05, 0) is 12.8 Å². The van der Waals surface area contributed by atoms with Gasteiger partial charge in [-0.25, -0.2) is 4.98 Å². The standard InChI is InChI=1S/C12H15N5OS/c1-3-8(4-2)11-16-17-12(19-11)15-10(18)9-7-13-5-6-14-9/h5-8H,3-4H2,1-2H3,(H,15,17,18). The van der Waals surface area contributed by atoms with E-state index in [0.29, 0.717) is 11.0 Å². The number of anilines is 1. The predicted octanol–water partition coefficient (Wildman–Crippen LogP) is 2.48. The van der Waals surface area contributed by atoms with Gasteiger partial charge < -0.3 is 0 Å². The topological polar surface area (TPSA) is 80.7 Å². The highest BCUT2D eigenvalue weighted by Crippen LogP contribution is 2.28. The molecule has 0 radical (unpaired) electrons. The van der Waals surface area contributed by atoms with Crippen molar-refractivity contribution in [1.29, 1.82) is 0 Å². The van der Waals surface area contributed by atoms with Crippen molar-refractivity contribution in [2.24, 2.45) is 0 Å². The predicted molar refractivity (Wildman–Crippen MR) is 73.2 cm³/mol. The summed E-state index contributed by atoms with van der Waals surface area (Å²) < 4.78 is 0. The molecule has 0 bridgehead atoms. The molecular formula is C12H15N5OS. The summed E-state index contributed by atoms with van der Waals surface area (Å²) in [6.45, 7) is 4.24. The Morgan fingerprint density at radius 1 is 1.32 bits per heavy atom. The first-order valence-electron chi connectivity index (χ1n) is 6.15. The number of nitrogens with zero attached hydrogens (tertiary/aromatic N) is 4. The molecule has 0 fully saturated rings. The SMILES string of the molecule is CCC(CC)c1nnc(NC(=O)c2cnccn2)s1. The van der Waals surface area contributed by atoms with Gasteiger partial charge in [-0.1, -0.05) is 25.2 Å². The molecule has 2 heterocycles. The Balaban J connectivity index is 2.06. The quantitative estimate of drug-likeness (QED) is 0.908. The summed E-state index contributed by atoms with van der Waals surface area (Å²) in [4.78, 5) is 19.6. The highest BCUT2D eigenvalue weighted by Gasteiger charge is 2.15. The van der Waals surface area contributed by atoms with Gasteiger partial charge in [0.1, 0.15) is 10.7 Å². The zero-order chi connectivity index (χ0) is 13.7. The van der Waals surface area contributed by atoms with Crippen molar-refractivity contribution in [3.8, 4) is 0 Å². The minimum Gasteiger partial charge on any atom is -0.295 e. The Morgan fingerprint density at radius 3 is 2.74 bits per heavy atom. The maximum absolute atomic E-state index is 11.9. The van der Waals surface area contributed by atoms with Crippen molar-refractivity contribution in [3.63, 3.8) is 0 Å². The van der Waals surface area contributed by atoms with Crippen molar-refractivity contribution in [2.45, 2.75) is 32.6 Å². The molecule has 0 spiro atoms. The first kappa shape index (κ1) is 13.5. The third-order valence-electron chi connectivity index (χ3n) is 2.79. The van der Waals surface area contributed by atoms with Crippen LogP contribution in [0.2, 0.25) is 0 Å². The monoisotopic (exact) mass is 277 g/mol. The lowest BCUT2D eigenvalue weighted by atomic mass is 10.1. The Labute approximate surface area is 115 Å². The van der Waals surface area contributed by atoms with Crippen LogP contribution in [0.15, 0.2) is 18.6 Å². The van der Waals surface area contributed by atoms with Crippen LogP contribution in [-0.4, -0.2) is 26.1 Å². The molecule has 2 rings (SSSR count). The summed E-state index contributed by atoms with van der Waals surface area (Å²) >= 11 is 1.41. The number of carbonyl (C=O) groups is 1. The second-order valence-electron chi connectivity index (χ2n) is 4.00. The van der Waals surface area contributed by atoms with Gasteiger partial charge in [0.15, 0.2) is 0 Å². The third-order valence-corrected chi connectivity index (χ3v) is 3.79. The van der Waals surface area contributed by atoms with Crippen molar-refractivity contribution in [1.82, 2.24) is 20.2 Å². The van der Waals surface area contributed by atoms with Gasteiger partial charge in [-0.2, -0.15) is 0 Å². The van der Waals surface area contributed by atoms with Crippen molar-refractivity contribution in [2.75, 3.05) is 5.32 Å². The Kier molecular flexibility index (Phi) is 4.51. The zero-order valence-electron chi connectivity index (χ0n) is 10.8. The molecule has 0 unspecified atom stereocenters. The van der Waals surface area contributed by atoms with Crippen LogP contribution in [0, 0.1) is 0 Å². The van der Waals surface area contributed by atoms with E-state index in [0.717, 1.165) is 17.8 Å². The average Bonchev–Trinajstić information content (AvgIpc) is 2.89. The molecular weight excluding hydrogens is 262 g/mol. The Bertz CT molecular complexity index is 538. The number of carbonyl (C=O) groups excluding carboxylic acids is 1. The lowest BCUT2D eigenvalue weighted by Gasteiger charge is -2.05. The third kappa shape index (κ3) is 3.31. The molecule has 0 aliphatic carbocycles. The minimum atomic E-state index is -0.319. The summed E-state index contributed by atoms with van der Waals surface area (Å²) in [7, 11) is 0. The second-order valence-corrected chi connectivity index (χ2v) is 5.01. The van der Waals surface area contributed by atoms with Crippen molar-refractivity contribution >= 4 is 22.4 Å². The molecule has 6 nitrogen and oxygen atoms in total. The van der Waals surface area contributed by atoms with Crippen molar-refractivity contribution in [3.05, 3.63) is 29.3 Å². The molecule has 0 aliphatic heterocycles. The summed E-state index contributed by atoms with van der Waals surface area (Å²) in [6, 6.07) is 0. The summed E-state index contributed by atoms with van der Waals surface area (Å²) in [5, 5.41) is 12.3. The largest absolute Gasteiger partial charge is 0.295 e. The fourth-order valence-corrected chi connectivity index (χ4v) is 2.67. The highest BCUT2D eigenvalue weighted by molar-refractivity contribution is 7.15. The zero-order valence-corrected chi connectivity index (χ0v) is 11.6. The number of aromatic nitrogens is 4. The smallest absolute Gasteiger partial charge is 0.277 e. The number of nitrogens with one attached hydrogen (secondary N) is 1. The van der Waals surface area contributed by atoms with E-state index in [4.69, 9.17) is 0 Å². The van der Waals surface area contributed by atoms with Gasteiger partial charge in [-0.3, -0.25) is 15.1 Å². The number of hydrogen-bond donors (Lipinski definition) is 1. The second kappa shape index (κ2) is 6.33. The van der Waals surface area contributed by atoms with Gasteiger partial charge in [-0.15, -0.1) is 10.2 Å².